The summed E-state index contributed by atoms with van der Waals surface area (Å²) in [5, 5.41) is 26.8. The van der Waals surface area contributed by atoms with Gasteiger partial charge >= 0.3 is 64.9 Å². The standard InChI is InChI=1S/2C49H34N3O.2C5H8O2.CH2O3.Ir.2Na.H/c2*1-4-13-46-41(9-1)42-10-2-5-14-47(42)51(46)39-25-21-36(22-26-39)37-23-27-40(28-24-37)52-48-15-6-3-11-43(48)44-31-35(18-29-49(44)52)33-53-32-34-16-19-38(20-17-34)45-12-7-8-30-50-45;2*1-4(6)3-5(2)7;2-1-4-3;;;;/h2*1-19,21-31H,32-33H2;3H2,1-2H3;3,6H,1-2H3;1,3H;;;;/q2*-1;;;;-3;2*+1;-1. The minimum absolute atomic E-state index is 0. The quantitative estimate of drug-likeness (QED) is 0.00885. The van der Waals surface area contributed by atoms with Crippen LogP contribution in [0.1, 0.15) is 57.8 Å². The Labute approximate surface area is 795 Å². The van der Waals surface area contributed by atoms with Gasteiger partial charge in [-0.15, -0.1) is 70.8 Å². The Balaban J connectivity index is 0.000000190. The van der Waals surface area contributed by atoms with E-state index in [-0.39, 0.29) is 117 Å². The largest absolute Gasteiger partial charge is 3.00 e. The molecule has 0 atom stereocenters. The van der Waals surface area contributed by atoms with E-state index in [2.05, 4.69) is 349 Å². The van der Waals surface area contributed by atoms with E-state index in [1.165, 1.54) is 143 Å². The molecular weight excluding hydrogens is 1780 g/mol. The van der Waals surface area contributed by atoms with Gasteiger partial charge in [-0.2, -0.15) is 0 Å². The summed E-state index contributed by atoms with van der Waals surface area (Å²) in [6.07, 6.45) is 4.97. The molecule has 15 nitrogen and oxygen atoms in total. The van der Waals surface area contributed by atoms with Crippen molar-refractivity contribution in [2.45, 2.75) is 60.5 Å². The fraction of sp³-hybridized carbons (Fsp3) is 0.0826. The molecule has 0 saturated carbocycles. The maximum atomic E-state index is 10.0. The third-order valence-corrected chi connectivity index (χ3v) is 21.5. The van der Waals surface area contributed by atoms with Crippen LogP contribution in [0.3, 0.4) is 0 Å². The first-order valence-electron chi connectivity index (χ1n) is 40.8. The molecule has 0 bridgehead atoms. The molecule has 0 amide bonds. The Morgan fingerprint density at radius 2 is 0.630 bits per heavy atom. The number of pyridine rings is 2. The number of allylic oxidation sites excluding steroid dienone is 2. The van der Waals surface area contributed by atoms with E-state index in [0.717, 1.165) is 67.5 Å². The summed E-state index contributed by atoms with van der Waals surface area (Å²) in [7, 11) is 0. The molecule has 2 N–H and O–H groups in total. The summed E-state index contributed by atoms with van der Waals surface area (Å²) in [5.74, 6) is 0.125. The predicted octanol–water partition coefficient (Wildman–Crippen LogP) is 18.4. The maximum absolute atomic E-state index is 10.0. The Morgan fingerprint density at radius 1 is 0.370 bits per heavy atom. The molecule has 14 aromatic carbocycles. The van der Waals surface area contributed by atoms with Crippen LogP contribution in [-0.4, -0.2) is 62.0 Å². The zero-order valence-electron chi connectivity index (χ0n) is 72.1. The monoisotopic (exact) mass is 1860 g/mol. The molecule has 0 saturated heterocycles. The number of hydrogen-bond acceptors (Lipinski definition) is 10. The third kappa shape index (κ3) is 21.3. The Bertz CT molecular complexity index is 6720. The van der Waals surface area contributed by atoms with E-state index in [9.17, 15) is 9.59 Å². The molecule has 0 aliphatic carbocycles. The number of aliphatic hydroxyl groups is 1. The van der Waals surface area contributed by atoms with Gasteiger partial charge in [-0.1, -0.05) is 194 Å². The van der Waals surface area contributed by atoms with E-state index >= 15 is 0 Å². The number of ether oxygens (including phenoxy) is 2. The molecule has 0 aliphatic rings. The van der Waals surface area contributed by atoms with Crippen molar-refractivity contribution >= 4 is 111 Å². The van der Waals surface area contributed by atoms with Gasteiger partial charge in [0.25, 0.3) is 6.47 Å². The summed E-state index contributed by atoms with van der Waals surface area (Å²) in [6.45, 7) is 7.73. The van der Waals surface area contributed by atoms with Gasteiger partial charge in [-0.25, -0.2) is 0 Å². The Hall–Kier alpha value is -12.9. The van der Waals surface area contributed by atoms with E-state index in [1.54, 1.807) is 12.4 Å². The fourth-order valence-corrected chi connectivity index (χ4v) is 16.1. The van der Waals surface area contributed by atoms with Crippen molar-refractivity contribution in [1.29, 1.82) is 0 Å². The number of Topliss-reactive ketones (excluding diaryl/α,β-unsaturated/α-hetero) is 2. The second-order valence-electron chi connectivity index (χ2n) is 30.2. The SMILES string of the molecule is CC(=O)CC(C)=O.CC(=[OH+])C=C(C)O.O=CO[O-].[H-].[Ir-3].[Na+].[Na+].[c-]1cc(COCc2ccc3c(c2)c2ccccc2n3-c2ccc(-c3ccc(-n4c5ccccc5c5ccccc54)cc3)cc2)ccc1-c1ccccn1.[c-]1cc(COCc2ccc3c(c2)c2ccccc2n3-c2ccc(-c3ccc(-n4c5ccccc5c5ccccc54)cc3)cc2)ccc1-c1ccccn1. The second kappa shape index (κ2) is 43.4. The molecule has 622 valence electrons. The van der Waals surface area contributed by atoms with Gasteiger partial charge in [0.1, 0.15) is 11.6 Å². The van der Waals surface area contributed by atoms with E-state index in [0.29, 0.717) is 26.4 Å². The van der Waals surface area contributed by atoms with Gasteiger partial charge in [0.15, 0.2) is 0 Å². The van der Waals surface area contributed by atoms with Crippen LogP contribution in [0, 0.1) is 12.1 Å². The van der Waals surface area contributed by atoms with Crippen molar-refractivity contribution in [2.24, 2.45) is 0 Å². The van der Waals surface area contributed by atoms with E-state index in [1.807, 2.05) is 48.5 Å². The number of nitrogens with zero attached hydrogens (tertiary/aromatic N) is 6. The topological polar surface area (TPSA) is 189 Å². The van der Waals surface area contributed by atoms with Crippen LogP contribution < -0.4 is 64.4 Å². The molecule has 6 heterocycles. The number of carbonyl (C=O) groups is 3. The number of para-hydroxylation sites is 6. The molecule has 18 heteroatoms. The first kappa shape index (κ1) is 91.8. The molecule has 0 aliphatic heterocycles. The Morgan fingerprint density at radius 3 is 0.858 bits per heavy atom. The third-order valence-electron chi connectivity index (χ3n) is 21.5. The average Bonchev–Trinajstić information content (AvgIpc) is 1.75. The molecule has 0 unspecified atom stereocenters. The fourth-order valence-electron chi connectivity index (χ4n) is 16.1. The smallest absolute Gasteiger partial charge is 1.00 e. The molecule has 0 spiro atoms. The van der Waals surface area contributed by atoms with Crippen molar-refractivity contribution in [2.75, 3.05) is 0 Å². The predicted molar refractivity (Wildman–Crippen MR) is 498 cm³/mol. The summed E-state index contributed by atoms with van der Waals surface area (Å²) < 4.78 is 21.8. The molecular formula is C109H87IrN6Na2O9-4. The minimum atomic E-state index is -0.181. The first-order valence-corrected chi connectivity index (χ1v) is 40.8. The van der Waals surface area contributed by atoms with Crippen molar-refractivity contribution in [3.8, 4) is 67.5 Å². The zero-order chi connectivity index (χ0) is 85.4. The van der Waals surface area contributed by atoms with Crippen LogP contribution in [-0.2, 0) is 75.3 Å². The van der Waals surface area contributed by atoms with Crippen LogP contribution in [0.15, 0.2) is 376 Å². The number of rotatable bonds is 20. The minimum Gasteiger partial charge on any atom is -3.00 e. The van der Waals surface area contributed by atoms with Gasteiger partial charge in [-0.3, -0.25) is 19.2 Å². The van der Waals surface area contributed by atoms with Crippen LogP contribution in [0.2, 0.25) is 0 Å². The first-order chi connectivity index (χ1) is 60.7. The number of fused-ring (bicyclic) bond motifs is 12. The molecule has 127 heavy (non-hydrogen) atoms. The van der Waals surface area contributed by atoms with Crippen molar-refractivity contribution < 1.29 is 125 Å². The second-order valence-corrected chi connectivity index (χ2v) is 30.2. The molecule has 0 fully saturated rings. The van der Waals surface area contributed by atoms with Gasteiger partial charge in [-0.05, 0) is 187 Å². The number of benzene rings is 14. The van der Waals surface area contributed by atoms with Crippen LogP contribution >= 0.6 is 0 Å². The van der Waals surface area contributed by atoms with Gasteiger partial charge in [0, 0.05) is 91.4 Å². The molecule has 20 aromatic rings. The average molecular weight is 1860 g/mol. The van der Waals surface area contributed by atoms with Crippen LogP contribution in [0.4, 0.5) is 0 Å². The van der Waals surface area contributed by atoms with Crippen molar-refractivity contribution in [1.82, 2.24) is 28.2 Å². The molecule has 6 aromatic heterocycles. The summed E-state index contributed by atoms with van der Waals surface area (Å²) in [5.41, 5.74) is 27.2. The number of aromatic nitrogens is 6. The van der Waals surface area contributed by atoms with Gasteiger partial charge in [0.2, 0.25) is 0 Å². The van der Waals surface area contributed by atoms with Crippen molar-refractivity contribution in [3.05, 3.63) is 410 Å². The molecule has 0 radical (unpaired) electrons. The maximum Gasteiger partial charge on any atom is 1.00 e. The number of ketones is 3. The number of hydrogen-bond donors (Lipinski definition) is 1. The number of aliphatic hydroxyl groups excluding tert-OH is 1. The number of carbonyl (C=O) groups excluding carboxylic acids is 4. The van der Waals surface area contributed by atoms with E-state index < -0.39 is 0 Å². The van der Waals surface area contributed by atoms with Crippen molar-refractivity contribution in [3.63, 3.8) is 0 Å². The summed E-state index contributed by atoms with van der Waals surface area (Å²) in [6, 6.07) is 132. The zero-order valence-corrected chi connectivity index (χ0v) is 77.5. The summed E-state index contributed by atoms with van der Waals surface area (Å²) in [4.78, 5) is 48.6. The van der Waals surface area contributed by atoms with E-state index in [4.69, 9.17) is 29.4 Å². The normalized spacial score (nSPS) is 11.0. The molecule has 20 rings (SSSR count). The Kier molecular flexibility index (Phi) is 31.3. The van der Waals surface area contributed by atoms with Gasteiger partial charge in [0.05, 0.1) is 82.5 Å². The van der Waals surface area contributed by atoms with Gasteiger partial charge < -0.3 is 74.5 Å². The summed E-state index contributed by atoms with van der Waals surface area (Å²) >= 11 is 0. The van der Waals surface area contributed by atoms with Crippen LogP contribution in [0.25, 0.3) is 155 Å². The van der Waals surface area contributed by atoms with Crippen LogP contribution in [0.5, 0.6) is 0 Å².